The third-order valence-corrected chi connectivity index (χ3v) is 14.4. The highest BCUT2D eigenvalue weighted by Gasteiger charge is 2.36. The lowest BCUT2D eigenvalue weighted by molar-refractivity contribution is -0.140. The zero-order chi connectivity index (χ0) is 72.8. The van der Waals surface area contributed by atoms with Crippen molar-refractivity contribution < 1.29 is 164 Å². The minimum absolute atomic E-state index is 0.0250. The molecule has 0 bridgehead atoms. The van der Waals surface area contributed by atoms with E-state index in [1.165, 1.54) is 9.80 Å². The molecule has 0 rings (SSSR count). The topological polar surface area (TPSA) is 594 Å². The standard InChI is InChI=1S/C58H118N6O33/c1-59-5-2-3-10-88-16-17-89-11-4-50(79)64(34-48(77)60-6-12-90-18-22-94-26-28-96-24-20-92-14-8-62(30-40(69)51(80)55(84)44(73)36-65)31-41(70)52(81)56(85)45(74)37-66)35-49(78)61-7-13-91-19-23-95-27-29-97-25-21-93-15-9-63(32-42(71)53(82)57(86)46(75)38-67)33-43(72)54(83)58(87)47(76)39-68/h40-47,51-59,65-76,80-87H,2-39H2,1H3,(H,60,77)(H,61,78)/t40-,41-,42-,43-,44+,45+,46+,47+,51+,52+,53+,54+,55+,56+,57+,58+/m0/s1. The number of aliphatic hydroxyl groups excluding tert-OH is 20. The maximum Gasteiger partial charge on any atom is 0.239 e. The molecule has 578 valence electrons. The molecule has 0 heterocycles. The minimum Gasteiger partial charge on any atom is -0.394 e. The molecular formula is C58H118N6O33. The lowest BCUT2D eigenvalue weighted by Gasteiger charge is -2.33. The van der Waals surface area contributed by atoms with Gasteiger partial charge in [0, 0.05) is 59.0 Å². The normalized spacial score (nSPS) is 17.1. The van der Waals surface area contributed by atoms with Crippen LogP contribution in [-0.2, 0) is 61.8 Å². The van der Waals surface area contributed by atoms with Gasteiger partial charge in [0.1, 0.15) is 86.3 Å². The zero-order valence-corrected chi connectivity index (χ0v) is 55.7. The Balaban J connectivity index is 4.79. The molecule has 0 fully saturated rings. The van der Waals surface area contributed by atoms with E-state index in [0.29, 0.717) is 13.2 Å². The van der Waals surface area contributed by atoms with E-state index in [0.717, 1.165) is 24.3 Å². The number of rotatable bonds is 69. The molecule has 39 heteroatoms. The van der Waals surface area contributed by atoms with Gasteiger partial charge in [-0.3, -0.25) is 24.2 Å². The molecule has 0 aromatic rings. The number of nitrogens with one attached hydrogen (secondary N) is 3. The molecule has 0 saturated carbocycles. The average molecular weight is 1430 g/mol. The van der Waals surface area contributed by atoms with Crippen molar-refractivity contribution in [3.63, 3.8) is 0 Å². The van der Waals surface area contributed by atoms with Crippen LogP contribution in [0.2, 0.25) is 0 Å². The molecule has 0 radical (unpaired) electrons. The van der Waals surface area contributed by atoms with Gasteiger partial charge < -0.3 is 170 Å². The summed E-state index contributed by atoms with van der Waals surface area (Å²) in [5, 5.41) is 206. The summed E-state index contributed by atoms with van der Waals surface area (Å²) < 4.78 is 55.2. The number of hydrogen-bond acceptors (Lipinski definition) is 36. The Hall–Kier alpha value is -2.91. The van der Waals surface area contributed by atoms with E-state index >= 15 is 0 Å². The van der Waals surface area contributed by atoms with E-state index in [1.807, 2.05) is 7.05 Å². The summed E-state index contributed by atoms with van der Waals surface area (Å²) in [6.45, 7) is -2.18. The molecule has 0 saturated heterocycles. The highest BCUT2D eigenvalue weighted by atomic mass is 16.6. The van der Waals surface area contributed by atoms with E-state index in [4.69, 9.17) is 67.8 Å². The molecule has 0 aromatic heterocycles. The second-order valence-corrected chi connectivity index (χ2v) is 22.3. The molecule has 23 N–H and O–H groups in total. The number of nitrogens with zero attached hydrogens (tertiary/aromatic N) is 3. The molecule has 0 aliphatic heterocycles. The summed E-state index contributed by atoms with van der Waals surface area (Å²) in [6, 6.07) is 0. The van der Waals surface area contributed by atoms with Gasteiger partial charge in [-0.15, -0.1) is 0 Å². The van der Waals surface area contributed by atoms with Gasteiger partial charge >= 0.3 is 0 Å². The molecule has 0 aliphatic carbocycles. The van der Waals surface area contributed by atoms with E-state index in [-0.39, 0.29) is 152 Å². The van der Waals surface area contributed by atoms with Crippen LogP contribution < -0.4 is 16.0 Å². The van der Waals surface area contributed by atoms with Crippen LogP contribution >= 0.6 is 0 Å². The number of hydrogen-bond donors (Lipinski definition) is 23. The van der Waals surface area contributed by atoms with Crippen molar-refractivity contribution in [2.75, 3.05) is 238 Å². The fourth-order valence-corrected chi connectivity index (χ4v) is 8.53. The second-order valence-electron chi connectivity index (χ2n) is 22.3. The molecule has 0 aliphatic rings. The van der Waals surface area contributed by atoms with Gasteiger partial charge in [-0.25, -0.2) is 0 Å². The Morgan fingerprint density at radius 1 is 0.309 bits per heavy atom. The zero-order valence-electron chi connectivity index (χ0n) is 55.7. The van der Waals surface area contributed by atoms with Crippen molar-refractivity contribution in [1.82, 2.24) is 30.7 Å². The lowest BCUT2D eigenvalue weighted by atomic mass is 10.0. The van der Waals surface area contributed by atoms with Gasteiger partial charge in [-0.2, -0.15) is 0 Å². The first-order valence-corrected chi connectivity index (χ1v) is 32.4. The second kappa shape index (κ2) is 60.7. The predicted molar refractivity (Wildman–Crippen MR) is 336 cm³/mol. The van der Waals surface area contributed by atoms with Crippen LogP contribution in [-0.4, -0.2) is 470 Å². The van der Waals surface area contributed by atoms with Crippen molar-refractivity contribution in [2.45, 2.75) is 117 Å². The van der Waals surface area contributed by atoms with E-state index < -0.39 is 181 Å². The highest BCUT2D eigenvalue weighted by Crippen LogP contribution is 2.13. The average Bonchev–Trinajstić information content (AvgIpc) is 0.984. The monoisotopic (exact) mass is 1430 g/mol. The summed E-state index contributed by atoms with van der Waals surface area (Å²) in [4.78, 5) is 42.9. The fraction of sp³-hybridized carbons (Fsp3) is 0.948. The van der Waals surface area contributed by atoms with Gasteiger partial charge in [0.25, 0.3) is 0 Å². The third-order valence-electron chi connectivity index (χ3n) is 14.4. The Kier molecular flexibility index (Phi) is 58.8. The maximum absolute atomic E-state index is 13.3. The van der Waals surface area contributed by atoms with Crippen LogP contribution in [0.25, 0.3) is 0 Å². The van der Waals surface area contributed by atoms with Crippen LogP contribution in [0.4, 0.5) is 0 Å². The Morgan fingerprint density at radius 2 is 0.557 bits per heavy atom. The fourth-order valence-electron chi connectivity index (χ4n) is 8.53. The van der Waals surface area contributed by atoms with E-state index in [2.05, 4.69) is 16.0 Å². The number of unbranched alkanes of at least 4 members (excludes halogenated alkanes) is 1. The highest BCUT2D eigenvalue weighted by molar-refractivity contribution is 5.89. The largest absolute Gasteiger partial charge is 0.394 e. The number of carbonyl (C=O) groups excluding carboxylic acids is 3. The van der Waals surface area contributed by atoms with Crippen molar-refractivity contribution in [3.05, 3.63) is 0 Å². The molecule has 0 unspecified atom stereocenters. The van der Waals surface area contributed by atoms with Crippen LogP contribution in [0.1, 0.15) is 19.3 Å². The number of carbonyl (C=O) groups is 3. The number of aliphatic hydroxyl groups is 20. The predicted octanol–water partition coefficient (Wildman–Crippen LogP) is -14.0. The Bertz CT molecular complexity index is 1700. The summed E-state index contributed by atoms with van der Waals surface area (Å²) in [7, 11) is 1.87. The van der Waals surface area contributed by atoms with Crippen molar-refractivity contribution in [1.29, 1.82) is 0 Å². The molecule has 16 atom stereocenters. The summed E-state index contributed by atoms with van der Waals surface area (Å²) in [6.07, 6.45) is -27.7. The first kappa shape index (κ1) is 94.1. The summed E-state index contributed by atoms with van der Waals surface area (Å²) in [5.41, 5.74) is 0. The molecule has 0 spiro atoms. The van der Waals surface area contributed by atoms with E-state index in [1.54, 1.807) is 0 Å². The lowest BCUT2D eigenvalue weighted by Crippen LogP contribution is -2.53. The minimum atomic E-state index is -1.93. The SMILES string of the molecule is CNCCCCOCCOCCC(=O)N(CC(=O)NCCOCCOCCOCCOCCN(C[C@H](O)[C@@H](O)[C@H](O)[C@H](O)CO)C[C@H](O)[C@@H](O)[C@H](O)[C@H](O)CO)CC(=O)NCCOCCOCCOCCOCCN(C[C@H](O)[C@@H](O)[C@H](O)[C@H](O)CO)C[C@H](O)[C@@H](O)[C@H](O)[C@H](O)CO. The molecule has 3 amide bonds. The van der Waals surface area contributed by atoms with Gasteiger partial charge in [-0.1, -0.05) is 0 Å². The van der Waals surface area contributed by atoms with Gasteiger partial charge in [0.2, 0.25) is 17.7 Å². The van der Waals surface area contributed by atoms with Crippen molar-refractivity contribution in [2.24, 2.45) is 0 Å². The summed E-state index contributed by atoms with van der Waals surface area (Å²) in [5.74, 6) is -1.60. The van der Waals surface area contributed by atoms with Crippen molar-refractivity contribution in [3.8, 4) is 0 Å². The first-order chi connectivity index (χ1) is 46.4. The van der Waals surface area contributed by atoms with E-state index in [9.17, 15) is 96.1 Å². The van der Waals surface area contributed by atoms with Gasteiger partial charge in [0.15, 0.2) is 0 Å². The molecule has 39 nitrogen and oxygen atoms in total. The molecular weight excluding hydrogens is 1310 g/mol. The maximum atomic E-state index is 13.3. The third kappa shape index (κ3) is 46.4. The van der Waals surface area contributed by atoms with Crippen LogP contribution in [0.5, 0.6) is 0 Å². The number of amides is 3. The van der Waals surface area contributed by atoms with Gasteiger partial charge in [0.05, 0.1) is 183 Å². The van der Waals surface area contributed by atoms with Gasteiger partial charge in [-0.05, 0) is 26.4 Å². The Labute approximate surface area is 565 Å². The van der Waals surface area contributed by atoms with Crippen LogP contribution in [0.15, 0.2) is 0 Å². The molecule has 0 aromatic carbocycles. The molecule has 97 heavy (non-hydrogen) atoms. The van der Waals surface area contributed by atoms with Crippen LogP contribution in [0.3, 0.4) is 0 Å². The quantitative estimate of drug-likeness (QED) is 0.0251. The Morgan fingerprint density at radius 3 is 0.835 bits per heavy atom. The number of ether oxygens (including phenoxy) is 10. The summed E-state index contributed by atoms with van der Waals surface area (Å²) >= 11 is 0. The smallest absolute Gasteiger partial charge is 0.239 e. The first-order valence-electron chi connectivity index (χ1n) is 32.4. The van der Waals surface area contributed by atoms with Crippen LogP contribution in [0, 0.1) is 0 Å². The van der Waals surface area contributed by atoms with Crippen molar-refractivity contribution >= 4 is 17.7 Å².